The predicted octanol–water partition coefficient (Wildman–Crippen LogP) is 3.77. The molecule has 0 atom stereocenters. The van der Waals surface area contributed by atoms with Gasteiger partial charge in [0.15, 0.2) is 4.91 Å². The van der Waals surface area contributed by atoms with Crippen LogP contribution in [-0.4, -0.2) is 19.2 Å². The van der Waals surface area contributed by atoms with Gasteiger partial charge in [0.1, 0.15) is 16.5 Å². The Kier molecular flexibility index (Phi) is 4.70. The number of allylic oxidation sites excluding steroid dienone is 1. The number of benzene rings is 1. The maximum atomic E-state index is 13.5. The van der Waals surface area contributed by atoms with E-state index in [1.807, 2.05) is 0 Å². The molecule has 0 bridgehead atoms. The van der Waals surface area contributed by atoms with Gasteiger partial charge in [0, 0.05) is 12.4 Å². The number of nitrogens with zero attached hydrogens (tertiary/aromatic N) is 2. The molecule has 0 fully saturated rings. The number of hydrogen-bond acceptors (Lipinski definition) is 6. The summed E-state index contributed by atoms with van der Waals surface area (Å²) in [6.45, 7) is -0.0853. The van der Waals surface area contributed by atoms with Crippen LogP contribution in [0, 0.1) is 5.82 Å². The van der Waals surface area contributed by atoms with Gasteiger partial charge in [-0.15, -0.1) is 11.3 Å². The number of sulfonamides is 1. The predicted molar refractivity (Wildman–Crippen MR) is 106 cm³/mol. The number of ketones is 1. The van der Waals surface area contributed by atoms with Crippen LogP contribution >= 0.6 is 11.3 Å². The van der Waals surface area contributed by atoms with Crippen molar-refractivity contribution in [1.29, 1.82) is 0 Å². The number of hydrogen-bond donors (Lipinski definition) is 1. The van der Waals surface area contributed by atoms with E-state index < -0.39 is 21.6 Å². The average molecular weight is 415 g/mol. The van der Waals surface area contributed by atoms with Crippen molar-refractivity contribution in [1.82, 2.24) is 4.98 Å². The topological polar surface area (TPSA) is 79.4 Å². The summed E-state index contributed by atoms with van der Waals surface area (Å²) in [7, 11) is -4.14. The lowest BCUT2D eigenvalue weighted by Gasteiger charge is -2.29. The third kappa shape index (κ3) is 3.30. The summed E-state index contributed by atoms with van der Waals surface area (Å²) >= 11 is 1.16. The molecule has 1 N–H and O–H groups in total. The van der Waals surface area contributed by atoms with Gasteiger partial charge in [-0.1, -0.05) is 18.2 Å². The van der Waals surface area contributed by atoms with Gasteiger partial charge in [-0.3, -0.25) is 9.10 Å². The molecule has 6 nitrogen and oxygen atoms in total. The second-order valence-electron chi connectivity index (χ2n) is 5.97. The van der Waals surface area contributed by atoms with E-state index in [-0.39, 0.29) is 11.4 Å². The van der Waals surface area contributed by atoms with E-state index in [1.54, 1.807) is 41.9 Å². The molecule has 4 rings (SSSR count). The number of aromatic nitrogens is 1. The van der Waals surface area contributed by atoms with Crippen LogP contribution in [0.5, 0.6) is 0 Å². The molecule has 0 spiro atoms. The van der Waals surface area contributed by atoms with Crippen molar-refractivity contribution in [2.24, 2.45) is 0 Å². The smallest absolute Gasteiger partial charge is 0.270 e. The zero-order valence-electron chi connectivity index (χ0n) is 14.4. The SMILES string of the molecule is O=C1/C(=C/Nc2ccccn2)S(=O)(=O)N(Cc2cccc(F)c2)c2ccsc21. The number of carbonyl (C=O) groups excluding carboxylic acids is 1. The Bertz CT molecular complexity index is 1170. The highest BCUT2D eigenvalue weighted by Gasteiger charge is 2.41. The third-order valence-corrected chi connectivity index (χ3v) is 6.81. The van der Waals surface area contributed by atoms with Crippen LogP contribution in [0.15, 0.2) is 71.2 Å². The number of carbonyl (C=O) groups is 1. The summed E-state index contributed by atoms with van der Waals surface area (Å²) in [5, 5.41) is 4.42. The van der Waals surface area contributed by atoms with Crippen molar-refractivity contribution in [2.45, 2.75) is 6.54 Å². The maximum absolute atomic E-state index is 13.5. The Balaban J connectivity index is 1.76. The number of anilines is 2. The first-order valence-corrected chi connectivity index (χ1v) is 10.6. The lowest BCUT2D eigenvalue weighted by molar-refractivity contribution is 0.104. The van der Waals surface area contributed by atoms with Gasteiger partial charge in [0.25, 0.3) is 10.0 Å². The largest absolute Gasteiger partial charge is 0.345 e. The minimum Gasteiger partial charge on any atom is -0.345 e. The van der Waals surface area contributed by atoms with Crippen molar-refractivity contribution in [2.75, 3.05) is 9.62 Å². The highest BCUT2D eigenvalue weighted by molar-refractivity contribution is 7.97. The van der Waals surface area contributed by atoms with Crippen LogP contribution in [0.4, 0.5) is 15.9 Å². The minimum atomic E-state index is -4.14. The fraction of sp³-hybridized carbons (Fsp3) is 0.0526. The molecule has 1 aromatic carbocycles. The standard InChI is InChI=1S/C19H14FN3O3S2/c20-14-5-3-4-13(10-14)12-23-15-7-9-27-19(15)18(24)16(28(23,25)26)11-22-17-6-1-2-8-21-17/h1-11H,12H2,(H,21,22)/b16-11-. The van der Waals surface area contributed by atoms with Gasteiger partial charge >= 0.3 is 0 Å². The molecule has 0 radical (unpaired) electrons. The normalized spacial score (nSPS) is 16.8. The monoisotopic (exact) mass is 415 g/mol. The van der Waals surface area contributed by atoms with Gasteiger partial charge in [0.2, 0.25) is 5.78 Å². The van der Waals surface area contributed by atoms with Crippen molar-refractivity contribution in [3.8, 4) is 0 Å². The fourth-order valence-electron chi connectivity index (χ4n) is 2.84. The number of nitrogens with one attached hydrogen (secondary N) is 1. The van der Waals surface area contributed by atoms with Gasteiger partial charge < -0.3 is 5.32 Å². The zero-order valence-corrected chi connectivity index (χ0v) is 16.0. The summed E-state index contributed by atoms with van der Waals surface area (Å²) in [5.41, 5.74) is 0.779. The van der Waals surface area contributed by atoms with Crippen LogP contribution in [0.25, 0.3) is 0 Å². The highest BCUT2D eigenvalue weighted by atomic mass is 32.2. The molecule has 142 valence electrons. The van der Waals surface area contributed by atoms with Crippen LogP contribution in [0.1, 0.15) is 15.2 Å². The number of Topliss-reactive ketones (excluding diaryl/α,β-unsaturated/α-hetero) is 1. The number of halogens is 1. The lowest BCUT2D eigenvalue weighted by atomic mass is 10.2. The minimum absolute atomic E-state index is 0.0853. The molecule has 3 heterocycles. The Morgan fingerprint density at radius 2 is 2.04 bits per heavy atom. The summed E-state index contributed by atoms with van der Waals surface area (Å²) in [6.07, 6.45) is 2.70. The van der Waals surface area contributed by atoms with Crippen LogP contribution in [0.2, 0.25) is 0 Å². The Labute approximate surface area is 165 Å². The van der Waals surface area contributed by atoms with E-state index in [2.05, 4.69) is 10.3 Å². The molecule has 1 aliphatic rings. The van der Waals surface area contributed by atoms with E-state index in [0.29, 0.717) is 21.9 Å². The molecule has 9 heteroatoms. The van der Waals surface area contributed by atoms with Crippen molar-refractivity contribution in [3.05, 3.63) is 87.5 Å². The second-order valence-corrected chi connectivity index (χ2v) is 8.72. The quantitative estimate of drug-likeness (QED) is 0.656. The Morgan fingerprint density at radius 3 is 2.79 bits per heavy atom. The Hall–Kier alpha value is -3.04. The molecule has 0 unspecified atom stereocenters. The zero-order chi connectivity index (χ0) is 19.7. The molecule has 0 aliphatic carbocycles. The molecule has 3 aromatic rings. The number of thiophene rings is 1. The van der Waals surface area contributed by atoms with Gasteiger partial charge in [-0.25, -0.2) is 17.8 Å². The molecule has 1 aliphatic heterocycles. The van der Waals surface area contributed by atoms with Gasteiger partial charge in [-0.05, 0) is 41.3 Å². The molecule has 2 aromatic heterocycles. The summed E-state index contributed by atoms with van der Waals surface area (Å²) in [6, 6.07) is 12.4. The fourth-order valence-corrected chi connectivity index (χ4v) is 5.33. The van der Waals surface area contributed by atoms with E-state index in [4.69, 9.17) is 0 Å². The molecule has 0 saturated heterocycles. The summed E-state index contributed by atoms with van der Waals surface area (Å²) in [5.74, 6) is -0.628. The summed E-state index contributed by atoms with van der Waals surface area (Å²) < 4.78 is 41.0. The lowest BCUT2D eigenvalue weighted by Crippen LogP contribution is -2.38. The first-order chi connectivity index (χ1) is 13.5. The summed E-state index contributed by atoms with van der Waals surface area (Å²) in [4.78, 5) is 16.8. The molecule has 28 heavy (non-hydrogen) atoms. The van der Waals surface area contributed by atoms with Crippen LogP contribution in [-0.2, 0) is 16.6 Å². The number of fused-ring (bicyclic) bond motifs is 1. The van der Waals surface area contributed by atoms with Crippen molar-refractivity contribution < 1.29 is 17.6 Å². The van der Waals surface area contributed by atoms with E-state index in [1.165, 1.54) is 18.2 Å². The maximum Gasteiger partial charge on any atom is 0.270 e. The van der Waals surface area contributed by atoms with E-state index in [0.717, 1.165) is 21.8 Å². The van der Waals surface area contributed by atoms with Crippen LogP contribution in [0.3, 0.4) is 0 Å². The average Bonchev–Trinajstić information content (AvgIpc) is 3.15. The van der Waals surface area contributed by atoms with Gasteiger partial charge in [-0.2, -0.15) is 0 Å². The van der Waals surface area contributed by atoms with Crippen molar-refractivity contribution >= 4 is 38.6 Å². The van der Waals surface area contributed by atoms with E-state index >= 15 is 0 Å². The highest BCUT2D eigenvalue weighted by Crippen LogP contribution is 2.39. The molecule has 0 saturated carbocycles. The Morgan fingerprint density at radius 1 is 1.18 bits per heavy atom. The van der Waals surface area contributed by atoms with Gasteiger partial charge in [0.05, 0.1) is 12.2 Å². The van der Waals surface area contributed by atoms with Crippen LogP contribution < -0.4 is 9.62 Å². The number of pyridine rings is 1. The molecular weight excluding hydrogens is 401 g/mol. The molecule has 0 amide bonds. The third-order valence-electron chi connectivity index (χ3n) is 4.14. The van der Waals surface area contributed by atoms with E-state index in [9.17, 15) is 17.6 Å². The second kappa shape index (κ2) is 7.17. The number of rotatable bonds is 4. The molecular formula is C19H14FN3O3S2. The van der Waals surface area contributed by atoms with Crippen molar-refractivity contribution in [3.63, 3.8) is 0 Å². The first-order valence-electron chi connectivity index (χ1n) is 8.24. The first kappa shape index (κ1) is 18.3.